The van der Waals surface area contributed by atoms with Gasteiger partial charge in [0.15, 0.2) is 0 Å². The first-order valence-electron chi connectivity index (χ1n) is 6.19. The van der Waals surface area contributed by atoms with Crippen molar-refractivity contribution in [1.82, 2.24) is 9.97 Å². The van der Waals surface area contributed by atoms with Crippen LogP contribution in [0.15, 0.2) is 6.20 Å². The van der Waals surface area contributed by atoms with E-state index in [1.165, 1.54) is 0 Å². The summed E-state index contributed by atoms with van der Waals surface area (Å²) in [4.78, 5) is 8.32. The summed E-state index contributed by atoms with van der Waals surface area (Å²) in [5, 5.41) is 9.08. The van der Waals surface area contributed by atoms with Gasteiger partial charge in [0.2, 0.25) is 5.28 Å². The summed E-state index contributed by atoms with van der Waals surface area (Å²) in [5.74, 6) is 0.390. The zero-order valence-corrected chi connectivity index (χ0v) is 11.2. The van der Waals surface area contributed by atoms with Gasteiger partial charge in [-0.1, -0.05) is 0 Å². The molecule has 0 atom stereocenters. The monoisotopic (exact) mass is 264 g/mol. The quantitative estimate of drug-likeness (QED) is 0.834. The molecular formula is C13H17ClN4. The number of nitrogens with zero attached hydrogens (tertiary/aromatic N) is 3. The van der Waals surface area contributed by atoms with Gasteiger partial charge in [0, 0.05) is 17.7 Å². The van der Waals surface area contributed by atoms with Gasteiger partial charge in [-0.05, 0) is 49.8 Å². The first-order valence-corrected chi connectivity index (χ1v) is 6.57. The van der Waals surface area contributed by atoms with Gasteiger partial charge in [-0.2, -0.15) is 5.26 Å². The van der Waals surface area contributed by atoms with E-state index < -0.39 is 0 Å². The molecule has 2 rings (SSSR count). The maximum absolute atomic E-state index is 8.78. The maximum atomic E-state index is 8.78. The largest absolute Gasteiger partial charge is 0.324 e. The molecule has 2 N–H and O–H groups in total. The van der Waals surface area contributed by atoms with Crippen molar-refractivity contribution in [3.05, 3.63) is 22.7 Å². The van der Waals surface area contributed by atoms with E-state index in [0.29, 0.717) is 17.6 Å². The summed E-state index contributed by atoms with van der Waals surface area (Å²) in [7, 11) is 0. The van der Waals surface area contributed by atoms with E-state index >= 15 is 0 Å². The lowest BCUT2D eigenvalue weighted by molar-refractivity contribution is 0.274. The fourth-order valence-corrected chi connectivity index (χ4v) is 2.79. The van der Waals surface area contributed by atoms with Crippen LogP contribution in [0.2, 0.25) is 5.28 Å². The average molecular weight is 265 g/mol. The second-order valence-electron chi connectivity index (χ2n) is 5.18. The molecule has 0 unspecified atom stereocenters. The topological polar surface area (TPSA) is 75.6 Å². The molecule has 96 valence electrons. The molecule has 0 saturated heterocycles. The number of halogens is 1. The van der Waals surface area contributed by atoms with Crippen molar-refractivity contribution >= 4 is 11.6 Å². The van der Waals surface area contributed by atoms with Crippen LogP contribution in [-0.2, 0) is 0 Å². The smallest absolute Gasteiger partial charge is 0.222 e. The Morgan fingerprint density at radius 1 is 1.56 bits per heavy atom. The first kappa shape index (κ1) is 13.3. The van der Waals surface area contributed by atoms with Crippen LogP contribution >= 0.6 is 11.6 Å². The standard InChI is InChI=1S/C13H17ClN4/c1-9-8-17-12(14)18-11(9)10-2-4-13(16,5-3-10)6-7-15/h8,10H,2-6,16H2,1H3/t10-,13+. The molecule has 0 spiro atoms. The third-order valence-electron chi connectivity index (χ3n) is 3.78. The molecule has 4 nitrogen and oxygen atoms in total. The Bertz CT molecular complexity index is 472. The Kier molecular flexibility index (Phi) is 3.84. The Hall–Kier alpha value is -1.18. The molecule has 1 aromatic heterocycles. The number of aromatic nitrogens is 2. The SMILES string of the molecule is Cc1cnc(Cl)nc1[C@H]1CC[C@](N)(CC#N)CC1. The molecule has 18 heavy (non-hydrogen) atoms. The normalized spacial score (nSPS) is 27.8. The van der Waals surface area contributed by atoms with Gasteiger partial charge in [-0.15, -0.1) is 0 Å². The van der Waals surface area contributed by atoms with Crippen molar-refractivity contribution in [1.29, 1.82) is 5.26 Å². The lowest BCUT2D eigenvalue weighted by Crippen LogP contribution is -2.42. The lowest BCUT2D eigenvalue weighted by Gasteiger charge is -2.35. The fourth-order valence-electron chi connectivity index (χ4n) is 2.65. The number of hydrogen-bond acceptors (Lipinski definition) is 4. The Morgan fingerprint density at radius 2 is 2.22 bits per heavy atom. The maximum Gasteiger partial charge on any atom is 0.222 e. The van der Waals surface area contributed by atoms with Gasteiger partial charge in [-0.3, -0.25) is 0 Å². The first-order chi connectivity index (χ1) is 8.54. The highest BCUT2D eigenvalue weighted by Gasteiger charge is 2.33. The van der Waals surface area contributed by atoms with Crippen LogP contribution in [0.25, 0.3) is 0 Å². The van der Waals surface area contributed by atoms with Crippen molar-refractivity contribution in [3.63, 3.8) is 0 Å². The van der Waals surface area contributed by atoms with Crippen molar-refractivity contribution in [2.75, 3.05) is 0 Å². The number of hydrogen-bond donors (Lipinski definition) is 1. The zero-order valence-electron chi connectivity index (χ0n) is 10.5. The molecule has 0 bridgehead atoms. The number of rotatable bonds is 2. The van der Waals surface area contributed by atoms with Gasteiger partial charge in [-0.25, -0.2) is 9.97 Å². The molecule has 1 aliphatic carbocycles. The van der Waals surface area contributed by atoms with E-state index in [9.17, 15) is 0 Å². The van der Waals surface area contributed by atoms with E-state index in [1.807, 2.05) is 6.92 Å². The Morgan fingerprint density at radius 3 is 2.83 bits per heavy atom. The minimum absolute atomic E-state index is 0.303. The van der Waals surface area contributed by atoms with Gasteiger partial charge in [0.05, 0.1) is 18.2 Å². The third-order valence-corrected chi connectivity index (χ3v) is 3.96. The Labute approximate surface area is 112 Å². The molecule has 1 heterocycles. The summed E-state index contributed by atoms with van der Waals surface area (Å²) in [6.07, 6.45) is 5.87. The average Bonchev–Trinajstić information content (AvgIpc) is 2.34. The van der Waals surface area contributed by atoms with Gasteiger partial charge in [0.25, 0.3) is 0 Å². The van der Waals surface area contributed by atoms with Crippen LogP contribution in [0, 0.1) is 18.3 Å². The molecule has 5 heteroatoms. The van der Waals surface area contributed by atoms with Crippen molar-refractivity contribution in [2.45, 2.75) is 50.5 Å². The Balaban J connectivity index is 2.10. The van der Waals surface area contributed by atoms with Crippen LogP contribution in [0.5, 0.6) is 0 Å². The van der Waals surface area contributed by atoms with Crippen LogP contribution in [-0.4, -0.2) is 15.5 Å². The molecule has 1 aliphatic rings. The molecule has 1 aromatic rings. The highest BCUT2D eigenvalue weighted by molar-refractivity contribution is 6.28. The fraction of sp³-hybridized carbons (Fsp3) is 0.615. The number of aryl methyl sites for hydroxylation is 1. The summed E-state index contributed by atoms with van der Waals surface area (Å²) < 4.78 is 0. The van der Waals surface area contributed by atoms with Crippen LogP contribution in [0.1, 0.15) is 49.3 Å². The van der Waals surface area contributed by atoms with Crippen LogP contribution in [0.4, 0.5) is 0 Å². The molecule has 0 amide bonds. The van der Waals surface area contributed by atoms with E-state index in [1.54, 1.807) is 6.20 Å². The number of nitrogens with two attached hydrogens (primary N) is 1. The molecule has 0 aromatic carbocycles. The molecule has 1 saturated carbocycles. The van der Waals surface area contributed by atoms with E-state index in [0.717, 1.165) is 36.9 Å². The van der Waals surface area contributed by atoms with Gasteiger partial charge in [0.1, 0.15) is 0 Å². The van der Waals surface area contributed by atoms with Crippen molar-refractivity contribution < 1.29 is 0 Å². The van der Waals surface area contributed by atoms with E-state index in [4.69, 9.17) is 22.6 Å². The minimum Gasteiger partial charge on any atom is -0.324 e. The third kappa shape index (κ3) is 2.80. The van der Waals surface area contributed by atoms with Crippen LogP contribution in [0.3, 0.4) is 0 Å². The summed E-state index contributed by atoms with van der Waals surface area (Å²) in [5.41, 5.74) is 8.00. The molecular weight excluding hydrogens is 248 g/mol. The van der Waals surface area contributed by atoms with E-state index in [-0.39, 0.29) is 5.54 Å². The van der Waals surface area contributed by atoms with Gasteiger partial charge < -0.3 is 5.73 Å². The zero-order chi connectivity index (χ0) is 13.2. The highest BCUT2D eigenvalue weighted by atomic mass is 35.5. The summed E-state index contributed by atoms with van der Waals surface area (Å²) in [6.45, 7) is 2.01. The summed E-state index contributed by atoms with van der Waals surface area (Å²) in [6, 6.07) is 2.18. The molecule has 1 fully saturated rings. The second kappa shape index (κ2) is 5.21. The van der Waals surface area contributed by atoms with Gasteiger partial charge >= 0.3 is 0 Å². The van der Waals surface area contributed by atoms with Crippen molar-refractivity contribution in [2.24, 2.45) is 5.73 Å². The van der Waals surface area contributed by atoms with E-state index in [2.05, 4.69) is 16.0 Å². The predicted octanol–water partition coefficient (Wildman–Crippen LogP) is 2.71. The van der Waals surface area contributed by atoms with Crippen LogP contribution < -0.4 is 5.73 Å². The minimum atomic E-state index is -0.310. The second-order valence-corrected chi connectivity index (χ2v) is 5.52. The molecule has 0 aliphatic heterocycles. The predicted molar refractivity (Wildman–Crippen MR) is 70.1 cm³/mol. The number of nitriles is 1. The van der Waals surface area contributed by atoms with Crippen molar-refractivity contribution in [3.8, 4) is 6.07 Å². The molecule has 0 radical (unpaired) electrons. The summed E-state index contributed by atoms with van der Waals surface area (Å²) >= 11 is 5.85. The highest BCUT2D eigenvalue weighted by Crippen LogP contribution is 2.38. The lowest BCUT2D eigenvalue weighted by atomic mass is 9.74.